The summed E-state index contributed by atoms with van der Waals surface area (Å²) in [7, 11) is 0. The fourth-order valence-corrected chi connectivity index (χ4v) is 1.59. The Morgan fingerprint density at radius 2 is 1.18 bits per heavy atom. The Kier molecular flexibility index (Phi) is 4.90. The fraction of sp³-hybridized carbons (Fsp3) is 0. The molecule has 0 N–H and O–H groups in total. The van der Waals surface area contributed by atoms with E-state index in [1.807, 2.05) is 60.7 Å². The van der Waals surface area contributed by atoms with Gasteiger partial charge in [-0.2, -0.15) is 0 Å². The average Bonchev–Trinajstić information content (AvgIpc) is 2.31. The van der Waals surface area contributed by atoms with E-state index in [1.165, 1.54) is 0 Å². The second-order valence-electron chi connectivity index (χ2n) is 3.40. The quantitative estimate of drug-likeness (QED) is 0.519. The van der Waals surface area contributed by atoms with Crippen molar-refractivity contribution in [3.05, 3.63) is 73.1 Å². The van der Waals surface area contributed by atoms with E-state index in [2.05, 4.69) is 6.58 Å². The zero-order valence-electron chi connectivity index (χ0n) is 9.84. The van der Waals surface area contributed by atoms with Crippen molar-refractivity contribution in [2.45, 2.75) is 0 Å². The molecule has 0 heterocycles. The molecule has 0 amide bonds. The van der Waals surface area contributed by atoms with Crippen LogP contribution < -0.4 is 28.9 Å². The molecule has 0 fully saturated rings. The van der Waals surface area contributed by atoms with Crippen LogP contribution in [0.15, 0.2) is 73.1 Å². The van der Waals surface area contributed by atoms with E-state index in [1.54, 1.807) is 4.90 Å². The molecule has 2 aromatic rings. The van der Waals surface area contributed by atoms with Crippen LogP contribution in [0, 0.1) is 0 Å². The van der Waals surface area contributed by atoms with E-state index in [-0.39, 0.29) is 24.7 Å². The van der Waals surface area contributed by atoms with Gasteiger partial charge in [-0.05, 0) is 30.1 Å². The van der Waals surface area contributed by atoms with Crippen LogP contribution in [0.1, 0.15) is 0 Å². The van der Waals surface area contributed by atoms with Crippen molar-refractivity contribution >= 4 is 11.4 Å². The molecule has 0 unspecified atom stereocenters. The standard InChI is InChI=1S/C14H13NO.Li/c1-12(16)15(13-8-4-2-5-9-13)14-10-6-3-7-11-14;/h2-11,16H,1H2;/q;+1/p-1. The topological polar surface area (TPSA) is 26.3 Å². The summed E-state index contributed by atoms with van der Waals surface area (Å²) < 4.78 is 0. The Morgan fingerprint density at radius 1 is 0.824 bits per heavy atom. The summed E-state index contributed by atoms with van der Waals surface area (Å²) in [6.45, 7) is 3.48. The van der Waals surface area contributed by atoms with Crippen LogP contribution in [0.2, 0.25) is 0 Å². The molecule has 0 aromatic heterocycles. The van der Waals surface area contributed by atoms with Crippen LogP contribution in [0.5, 0.6) is 0 Å². The molecule has 0 aliphatic carbocycles. The molecular weight excluding hydrogens is 205 g/mol. The summed E-state index contributed by atoms with van der Waals surface area (Å²) in [6, 6.07) is 19.0. The van der Waals surface area contributed by atoms with Crippen molar-refractivity contribution < 1.29 is 24.0 Å². The third kappa shape index (κ3) is 3.17. The van der Waals surface area contributed by atoms with Crippen LogP contribution in [-0.2, 0) is 0 Å². The normalized spacial score (nSPS) is 9.18. The molecule has 2 rings (SSSR count). The second-order valence-corrected chi connectivity index (χ2v) is 3.40. The first-order valence-corrected chi connectivity index (χ1v) is 5.05. The first kappa shape index (κ1) is 13.4. The van der Waals surface area contributed by atoms with Gasteiger partial charge in [0, 0.05) is 11.4 Å². The molecule has 80 valence electrons. The van der Waals surface area contributed by atoms with Gasteiger partial charge in [-0.1, -0.05) is 43.0 Å². The molecule has 0 atom stereocenters. The van der Waals surface area contributed by atoms with E-state index in [0.717, 1.165) is 11.4 Å². The van der Waals surface area contributed by atoms with Gasteiger partial charge in [-0.3, -0.25) is 0 Å². The molecule has 0 saturated carbocycles. The minimum Gasteiger partial charge on any atom is -0.860 e. The van der Waals surface area contributed by atoms with Crippen molar-refractivity contribution in [3.8, 4) is 0 Å². The van der Waals surface area contributed by atoms with Gasteiger partial charge < -0.3 is 10.0 Å². The largest absolute Gasteiger partial charge is 1.00 e. The molecule has 0 saturated heterocycles. The maximum absolute atomic E-state index is 11.6. The molecule has 17 heavy (non-hydrogen) atoms. The van der Waals surface area contributed by atoms with E-state index in [0.29, 0.717) is 0 Å². The number of benzene rings is 2. The zero-order valence-corrected chi connectivity index (χ0v) is 9.84. The van der Waals surface area contributed by atoms with Gasteiger partial charge in [0.2, 0.25) is 0 Å². The molecule has 0 bridgehead atoms. The number of hydrogen-bond donors (Lipinski definition) is 0. The van der Waals surface area contributed by atoms with Crippen molar-refractivity contribution in [2.24, 2.45) is 0 Å². The molecule has 2 nitrogen and oxygen atoms in total. The molecule has 0 aliphatic rings. The molecular formula is C14H12LiNO. The maximum atomic E-state index is 11.6. The Balaban J connectivity index is 0.00000144. The number of anilines is 2. The molecule has 0 radical (unpaired) electrons. The number of rotatable bonds is 3. The van der Waals surface area contributed by atoms with Gasteiger partial charge in [0.1, 0.15) is 0 Å². The molecule has 3 heteroatoms. The SMILES string of the molecule is C=C([O-])N(c1ccccc1)c1ccccc1.[Li+]. The van der Waals surface area contributed by atoms with Gasteiger partial charge in [0.15, 0.2) is 0 Å². The smallest absolute Gasteiger partial charge is 0.860 e. The van der Waals surface area contributed by atoms with Gasteiger partial charge in [0.25, 0.3) is 0 Å². The monoisotopic (exact) mass is 217 g/mol. The summed E-state index contributed by atoms with van der Waals surface area (Å²) in [4.78, 5) is 1.58. The van der Waals surface area contributed by atoms with Crippen molar-refractivity contribution in [2.75, 3.05) is 4.90 Å². The first-order chi connectivity index (χ1) is 7.79. The molecule has 0 aliphatic heterocycles. The van der Waals surface area contributed by atoms with E-state index in [9.17, 15) is 5.11 Å². The summed E-state index contributed by atoms with van der Waals surface area (Å²) >= 11 is 0. The minimum atomic E-state index is -0.239. The third-order valence-corrected chi connectivity index (χ3v) is 2.28. The summed E-state index contributed by atoms with van der Waals surface area (Å²) in [6.07, 6.45) is 0. The predicted molar refractivity (Wildman–Crippen MR) is 64.2 cm³/mol. The fourth-order valence-electron chi connectivity index (χ4n) is 1.59. The number of nitrogens with zero attached hydrogens (tertiary/aromatic N) is 1. The molecule has 0 spiro atoms. The van der Waals surface area contributed by atoms with Crippen LogP contribution in [0.3, 0.4) is 0 Å². The first-order valence-electron chi connectivity index (χ1n) is 5.05. The van der Waals surface area contributed by atoms with Crippen molar-refractivity contribution in [1.82, 2.24) is 0 Å². The predicted octanol–water partition coefficient (Wildman–Crippen LogP) is -0.340. The van der Waals surface area contributed by atoms with Crippen LogP contribution in [-0.4, -0.2) is 0 Å². The Labute approximate surface area is 113 Å². The zero-order chi connectivity index (χ0) is 11.4. The Morgan fingerprint density at radius 3 is 1.47 bits per heavy atom. The Hall–Kier alpha value is -1.62. The summed E-state index contributed by atoms with van der Waals surface area (Å²) in [5.41, 5.74) is 1.66. The van der Waals surface area contributed by atoms with Gasteiger partial charge in [-0.25, -0.2) is 0 Å². The number of hydrogen-bond acceptors (Lipinski definition) is 2. The maximum Gasteiger partial charge on any atom is 1.00 e. The van der Waals surface area contributed by atoms with E-state index in [4.69, 9.17) is 0 Å². The van der Waals surface area contributed by atoms with Gasteiger partial charge in [-0.15, -0.1) is 0 Å². The summed E-state index contributed by atoms with van der Waals surface area (Å²) in [5, 5.41) is 11.6. The van der Waals surface area contributed by atoms with Gasteiger partial charge in [0.05, 0.1) is 0 Å². The van der Waals surface area contributed by atoms with Gasteiger partial charge >= 0.3 is 18.9 Å². The van der Waals surface area contributed by atoms with Crippen LogP contribution in [0.25, 0.3) is 0 Å². The summed E-state index contributed by atoms with van der Waals surface area (Å²) in [5.74, 6) is -0.239. The van der Waals surface area contributed by atoms with Crippen LogP contribution >= 0.6 is 0 Å². The third-order valence-electron chi connectivity index (χ3n) is 2.28. The number of para-hydroxylation sites is 2. The van der Waals surface area contributed by atoms with Crippen LogP contribution in [0.4, 0.5) is 11.4 Å². The van der Waals surface area contributed by atoms with Crippen molar-refractivity contribution in [3.63, 3.8) is 0 Å². The average molecular weight is 217 g/mol. The van der Waals surface area contributed by atoms with E-state index < -0.39 is 0 Å². The Bertz CT molecular complexity index is 431. The van der Waals surface area contributed by atoms with Crippen molar-refractivity contribution in [1.29, 1.82) is 0 Å². The minimum absolute atomic E-state index is 0. The molecule has 2 aromatic carbocycles. The second kappa shape index (κ2) is 6.20. The van der Waals surface area contributed by atoms with E-state index >= 15 is 0 Å².